The summed E-state index contributed by atoms with van der Waals surface area (Å²) in [5, 5.41) is 13.4. The molecular weight excluding hydrogens is 280 g/mol. The molecule has 2 rings (SSSR count). The van der Waals surface area contributed by atoms with Crippen molar-refractivity contribution in [3.63, 3.8) is 0 Å². The molecule has 0 aromatic heterocycles. The monoisotopic (exact) mass is 298 g/mol. The van der Waals surface area contributed by atoms with Gasteiger partial charge in [-0.15, -0.1) is 0 Å². The zero-order valence-corrected chi connectivity index (χ0v) is 12.5. The van der Waals surface area contributed by atoms with Gasteiger partial charge in [-0.2, -0.15) is 5.10 Å². The molecule has 0 unspecified atom stereocenters. The van der Waals surface area contributed by atoms with Gasteiger partial charge in [-0.05, 0) is 55.8 Å². The molecule has 0 spiro atoms. The normalized spacial score (nSPS) is 10.9. The molecule has 0 saturated heterocycles. The molecule has 0 fully saturated rings. The summed E-state index contributed by atoms with van der Waals surface area (Å²) in [6, 6.07) is 13.7. The number of ether oxygens (including phenoxy) is 1. The van der Waals surface area contributed by atoms with Crippen LogP contribution in [-0.4, -0.2) is 23.3 Å². The number of para-hydroxylation sites is 1. The molecule has 2 N–H and O–H groups in total. The van der Waals surface area contributed by atoms with Crippen LogP contribution in [0.5, 0.6) is 11.5 Å². The van der Waals surface area contributed by atoms with Gasteiger partial charge in [0.2, 0.25) is 0 Å². The highest BCUT2D eigenvalue weighted by atomic mass is 16.5. The molecule has 1 amide bonds. The van der Waals surface area contributed by atoms with Crippen molar-refractivity contribution >= 4 is 12.1 Å². The molecular formula is C17H18N2O3. The average molecular weight is 298 g/mol. The van der Waals surface area contributed by atoms with Crippen molar-refractivity contribution in [3.05, 3.63) is 59.7 Å². The Kier molecular flexibility index (Phi) is 5.14. The number of amides is 1. The van der Waals surface area contributed by atoms with Crippen molar-refractivity contribution in [2.24, 2.45) is 5.10 Å². The fourth-order valence-electron chi connectivity index (χ4n) is 1.80. The quantitative estimate of drug-likeness (QED) is 0.658. The van der Waals surface area contributed by atoms with Crippen LogP contribution in [0.4, 0.5) is 0 Å². The number of benzene rings is 2. The Hall–Kier alpha value is -2.82. The third-order valence-electron chi connectivity index (χ3n) is 2.78. The number of phenolic OH excluding ortho intramolecular Hbond substituents is 1. The maximum Gasteiger partial charge on any atom is 0.275 e. The summed E-state index contributed by atoms with van der Waals surface area (Å²) in [4.78, 5) is 11.8. The minimum atomic E-state index is -0.464. The van der Waals surface area contributed by atoms with Gasteiger partial charge in [-0.25, -0.2) is 5.43 Å². The molecule has 22 heavy (non-hydrogen) atoms. The Labute approximate surface area is 129 Å². The predicted molar refractivity (Wildman–Crippen MR) is 85.4 cm³/mol. The minimum absolute atomic E-state index is 0.0783. The topological polar surface area (TPSA) is 70.9 Å². The highest BCUT2D eigenvalue weighted by Crippen LogP contribution is 2.15. The number of aromatic hydroxyl groups is 1. The van der Waals surface area contributed by atoms with Crippen molar-refractivity contribution in [2.75, 3.05) is 0 Å². The largest absolute Gasteiger partial charge is 0.507 e. The summed E-state index contributed by atoms with van der Waals surface area (Å²) < 4.78 is 5.54. The number of hydrazone groups is 1. The standard InChI is InChI=1S/C17H18N2O3/c1-12(2)22-14-9-7-13(8-10-14)11-18-19-17(21)15-5-3-4-6-16(15)20/h3-12,20H,1-2H3,(H,19,21). The van der Waals surface area contributed by atoms with Crippen LogP contribution in [0.2, 0.25) is 0 Å². The third kappa shape index (κ3) is 4.34. The van der Waals surface area contributed by atoms with Gasteiger partial charge in [0, 0.05) is 0 Å². The molecule has 0 aliphatic heterocycles. The van der Waals surface area contributed by atoms with Crippen LogP contribution in [0.1, 0.15) is 29.8 Å². The zero-order valence-electron chi connectivity index (χ0n) is 12.5. The maximum absolute atomic E-state index is 11.8. The Morgan fingerprint density at radius 2 is 1.86 bits per heavy atom. The van der Waals surface area contributed by atoms with E-state index in [9.17, 15) is 9.90 Å². The first-order chi connectivity index (χ1) is 10.6. The van der Waals surface area contributed by atoms with Crippen LogP contribution < -0.4 is 10.2 Å². The molecule has 2 aromatic rings. The van der Waals surface area contributed by atoms with Crippen molar-refractivity contribution in [3.8, 4) is 11.5 Å². The second-order valence-corrected chi connectivity index (χ2v) is 4.95. The van der Waals surface area contributed by atoms with E-state index in [4.69, 9.17) is 4.74 Å². The number of carbonyl (C=O) groups is 1. The lowest BCUT2D eigenvalue weighted by atomic mass is 10.2. The van der Waals surface area contributed by atoms with Crippen LogP contribution in [0.3, 0.4) is 0 Å². The Morgan fingerprint density at radius 1 is 1.18 bits per heavy atom. The molecule has 114 valence electrons. The van der Waals surface area contributed by atoms with Crippen LogP contribution in [-0.2, 0) is 0 Å². The molecule has 2 aromatic carbocycles. The highest BCUT2D eigenvalue weighted by molar-refractivity contribution is 5.97. The maximum atomic E-state index is 11.8. The van der Waals surface area contributed by atoms with E-state index in [1.807, 2.05) is 38.1 Å². The highest BCUT2D eigenvalue weighted by Gasteiger charge is 2.08. The lowest BCUT2D eigenvalue weighted by Crippen LogP contribution is -2.17. The predicted octanol–water partition coefficient (Wildman–Crippen LogP) is 2.94. The molecule has 0 heterocycles. The van der Waals surface area contributed by atoms with Crippen molar-refractivity contribution in [2.45, 2.75) is 20.0 Å². The Morgan fingerprint density at radius 3 is 2.50 bits per heavy atom. The van der Waals surface area contributed by atoms with E-state index in [0.29, 0.717) is 0 Å². The van der Waals surface area contributed by atoms with E-state index < -0.39 is 5.91 Å². The Balaban J connectivity index is 1.95. The van der Waals surface area contributed by atoms with Crippen LogP contribution in [0, 0.1) is 0 Å². The number of nitrogens with one attached hydrogen (secondary N) is 1. The summed E-state index contributed by atoms with van der Waals surface area (Å²) in [7, 11) is 0. The lowest BCUT2D eigenvalue weighted by molar-refractivity contribution is 0.0952. The van der Waals surface area contributed by atoms with Crippen LogP contribution in [0.25, 0.3) is 0 Å². The fourth-order valence-corrected chi connectivity index (χ4v) is 1.80. The average Bonchev–Trinajstić information content (AvgIpc) is 2.49. The molecule has 0 aliphatic carbocycles. The first-order valence-electron chi connectivity index (χ1n) is 6.94. The lowest BCUT2D eigenvalue weighted by Gasteiger charge is -2.09. The summed E-state index contributed by atoms with van der Waals surface area (Å²) in [6.07, 6.45) is 1.65. The van der Waals surface area contributed by atoms with E-state index in [2.05, 4.69) is 10.5 Å². The third-order valence-corrected chi connectivity index (χ3v) is 2.78. The summed E-state index contributed by atoms with van der Waals surface area (Å²) in [5.41, 5.74) is 3.38. The Bertz CT molecular complexity index is 664. The van der Waals surface area contributed by atoms with Gasteiger partial charge in [0.25, 0.3) is 5.91 Å². The summed E-state index contributed by atoms with van der Waals surface area (Å²) in [5.74, 6) is 0.241. The number of hydrogen-bond acceptors (Lipinski definition) is 4. The van der Waals surface area contributed by atoms with Crippen molar-refractivity contribution in [1.82, 2.24) is 5.43 Å². The van der Waals surface area contributed by atoms with E-state index in [1.165, 1.54) is 18.3 Å². The summed E-state index contributed by atoms with van der Waals surface area (Å²) in [6.45, 7) is 3.92. The smallest absolute Gasteiger partial charge is 0.275 e. The number of phenols is 1. The van der Waals surface area contributed by atoms with Gasteiger partial charge >= 0.3 is 0 Å². The first-order valence-corrected chi connectivity index (χ1v) is 6.94. The first kappa shape index (κ1) is 15.6. The number of carbonyl (C=O) groups excluding carboxylic acids is 1. The van der Waals surface area contributed by atoms with Gasteiger partial charge in [-0.3, -0.25) is 4.79 Å². The van der Waals surface area contributed by atoms with Gasteiger partial charge in [-0.1, -0.05) is 12.1 Å². The van der Waals surface area contributed by atoms with Crippen LogP contribution >= 0.6 is 0 Å². The van der Waals surface area contributed by atoms with Crippen molar-refractivity contribution < 1.29 is 14.6 Å². The molecule has 0 bridgehead atoms. The second kappa shape index (κ2) is 7.26. The molecule has 0 radical (unpaired) electrons. The molecule has 0 saturated carbocycles. The van der Waals surface area contributed by atoms with Gasteiger partial charge < -0.3 is 9.84 Å². The molecule has 0 atom stereocenters. The number of nitrogens with zero attached hydrogens (tertiary/aromatic N) is 1. The van der Waals surface area contributed by atoms with Gasteiger partial charge in [0.05, 0.1) is 17.9 Å². The van der Waals surface area contributed by atoms with Crippen molar-refractivity contribution in [1.29, 1.82) is 0 Å². The number of rotatable bonds is 5. The summed E-state index contributed by atoms with van der Waals surface area (Å²) >= 11 is 0. The van der Waals surface area contributed by atoms with Gasteiger partial charge in [0.1, 0.15) is 11.5 Å². The molecule has 5 heteroatoms. The van der Waals surface area contributed by atoms with E-state index in [-0.39, 0.29) is 17.4 Å². The zero-order chi connectivity index (χ0) is 15.9. The second-order valence-electron chi connectivity index (χ2n) is 4.95. The molecule has 0 aliphatic rings. The van der Waals surface area contributed by atoms with E-state index >= 15 is 0 Å². The molecule has 5 nitrogen and oxygen atoms in total. The van der Waals surface area contributed by atoms with E-state index in [1.54, 1.807) is 12.1 Å². The minimum Gasteiger partial charge on any atom is -0.507 e. The van der Waals surface area contributed by atoms with E-state index in [0.717, 1.165) is 11.3 Å². The fraction of sp³-hybridized carbons (Fsp3) is 0.176. The van der Waals surface area contributed by atoms with Crippen LogP contribution in [0.15, 0.2) is 53.6 Å². The number of hydrogen-bond donors (Lipinski definition) is 2. The van der Waals surface area contributed by atoms with Gasteiger partial charge in [0.15, 0.2) is 0 Å². The SMILES string of the molecule is CC(C)Oc1ccc(C=NNC(=O)c2ccccc2O)cc1.